The number of hydrogen-bond acceptors (Lipinski definition) is 4. The zero-order chi connectivity index (χ0) is 13.0. The van der Waals surface area contributed by atoms with E-state index in [1.165, 1.54) is 6.26 Å². The Morgan fingerprint density at radius 2 is 2.11 bits per heavy atom. The number of rotatable bonds is 5. The number of Topliss-reactive ketones (excluding diaryl/α,β-unsaturated/α-hetero) is 1. The maximum atomic E-state index is 11.7. The molecule has 1 aromatic heterocycles. The van der Waals surface area contributed by atoms with Gasteiger partial charge in [0.05, 0.1) is 12.2 Å². The summed E-state index contributed by atoms with van der Waals surface area (Å²) in [6.07, 6.45) is 3.26. The van der Waals surface area contributed by atoms with Gasteiger partial charge >= 0.3 is 5.97 Å². The molecule has 2 rings (SSSR count). The first-order valence-electron chi connectivity index (χ1n) is 6.18. The van der Waals surface area contributed by atoms with Gasteiger partial charge in [0.1, 0.15) is 0 Å². The van der Waals surface area contributed by atoms with Crippen LogP contribution in [0.1, 0.15) is 29.8 Å². The average molecular weight is 251 g/mol. The molecule has 2 heterocycles. The third-order valence-electron chi connectivity index (χ3n) is 3.39. The van der Waals surface area contributed by atoms with Crippen LogP contribution in [0.2, 0.25) is 0 Å². The SMILES string of the molecule is O=C(CCN1CCC(C(=O)O)CC1)c1ccco1. The summed E-state index contributed by atoms with van der Waals surface area (Å²) in [7, 11) is 0. The number of piperidine rings is 1. The average Bonchev–Trinajstić information content (AvgIpc) is 2.90. The predicted molar refractivity (Wildman–Crippen MR) is 64.5 cm³/mol. The fourth-order valence-corrected chi connectivity index (χ4v) is 2.22. The van der Waals surface area contributed by atoms with Crippen LogP contribution in [-0.4, -0.2) is 41.4 Å². The van der Waals surface area contributed by atoms with Crippen LogP contribution in [0.25, 0.3) is 0 Å². The number of hydrogen-bond donors (Lipinski definition) is 1. The van der Waals surface area contributed by atoms with E-state index >= 15 is 0 Å². The summed E-state index contributed by atoms with van der Waals surface area (Å²) >= 11 is 0. The molecular formula is C13H17NO4. The van der Waals surface area contributed by atoms with E-state index < -0.39 is 5.97 Å². The Kier molecular flexibility index (Phi) is 4.15. The Morgan fingerprint density at radius 3 is 2.67 bits per heavy atom. The number of carbonyl (C=O) groups is 2. The molecule has 18 heavy (non-hydrogen) atoms. The zero-order valence-corrected chi connectivity index (χ0v) is 10.2. The predicted octanol–water partition coefficient (Wildman–Crippen LogP) is 1.65. The van der Waals surface area contributed by atoms with Crippen molar-refractivity contribution in [1.29, 1.82) is 0 Å². The molecule has 0 bridgehead atoms. The second-order valence-corrected chi connectivity index (χ2v) is 4.60. The van der Waals surface area contributed by atoms with Gasteiger partial charge in [-0.3, -0.25) is 9.59 Å². The molecule has 98 valence electrons. The minimum absolute atomic E-state index is 0.000332. The third-order valence-corrected chi connectivity index (χ3v) is 3.39. The van der Waals surface area contributed by atoms with Crippen molar-refractivity contribution >= 4 is 11.8 Å². The molecule has 0 spiro atoms. The summed E-state index contributed by atoms with van der Waals surface area (Å²) in [5.41, 5.74) is 0. The maximum absolute atomic E-state index is 11.7. The number of ketones is 1. The van der Waals surface area contributed by atoms with Gasteiger partial charge in [0.2, 0.25) is 0 Å². The highest BCUT2D eigenvalue weighted by molar-refractivity contribution is 5.93. The number of aliphatic carboxylic acids is 1. The Bertz CT molecular complexity index is 405. The standard InChI is InChI=1S/C13H17NO4/c15-11(12-2-1-9-18-12)5-8-14-6-3-10(4-7-14)13(16)17/h1-2,9-10H,3-8H2,(H,16,17). The van der Waals surface area contributed by atoms with E-state index in [0.29, 0.717) is 31.6 Å². The molecular weight excluding hydrogens is 234 g/mol. The van der Waals surface area contributed by atoms with Gasteiger partial charge in [-0.05, 0) is 38.1 Å². The van der Waals surface area contributed by atoms with Crippen LogP contribution in [0.15, 0.2) is 22.8 Å². The molecule has 0 amide bonds. The fraction of sp³-hybridized carbons (Fsp3) is 0.538. The molecule has 1 aliphatic rings. The number of carbonyl (C=O) groups excluding carboxylic acids is 1. The molecule has 0 radical (unpaired) electrons. The van der Waals surface area contributed by atoms with E-state index in [2.05, 4.69) is 4.90 Å². The molecule has 5 heteroatoms. The van der Waals surface area contributed by atoms with Gasteiger partial charge in [-0.1, -0.05) is 0 Å². The molecule has 1 aromatic rings. The number of likely N-dealkylation sites (tertiary alicyclic amines) is 1. The summed E-state index contributed by atoms with van der Waals surface area (Å²) in [5.74, 6) is -0.529. The highest BCUT2D eigenvalue weighted by atomic mass is 16.4. The van der Waals surface area contributed by atoms with E-state index in [1.54, 1.807) is 12.1 Å². The lowest BCUT2D eigenvalue weighted by atomic mass is 9.97. The lowest BCUT2D eigenvalue weighted by Gasteiger charge is -2.29. The third kappa shape index (κ3) is 3.20. The Balaban J connectivity index is 1.72. The summed E-state index contributed by atoms with van der Waals surface area (Å²) in [4.78, 5) is 24.6. The van der Waals surface area contributed by atoms with Gasteiger partial charge in [0, 0.05) is 13.0 Å². The first-order valence-corrected chi connectivity index (χ1v) is 6.18. The molecule has 1 saturated heterocycles. The molecule has 1 N–H and O–H groups in total. The molecule has 0 atom stereocenters. The second-order valence-electron chi connectivity index (χ2n) is 4.60. The Morgan fingerprint density at radius 1 is 1.39 bits per heavy atom. The van der Waals surface area contributed by atoms with Gasteiger partial charge in [-0.25, -0.2) is 0 Å². The van der Waals surface area contributed by atoms with Gasteiger partial charge in [-0.2, -0.15) is 0 Å². The largest absolute Gasteiger partial charge is 0.481 e. The lowest BCUT2D eigenvalue weighted by molar-refractivity contribution is -0.143. The van der Waals surface area contributed by atoms with Crippen LogP contribution in [0.5, 0.6) is 0 Å². The van der Waals surface area contributed by atoms with Crippen LogP contribution in [-0.2, 0) is 4.79 Å². The van der Waals surface area contributed by atoms with Gasteiger partial charge < -0.3 is 14.4 Å². The van der Waals surface area contributed by atoms with Gasteiger partial charge in [0.15, 0.2) is 11.5 Å². The van der Waals surface area contributed by atoms with Crippen molar-refractivity contribution in [2.75, 3.05) is 19.6 Å². The van der Waals surface area contributed by atoms with Crippen molar-refractivity contribution in [3.8, 4) is 0 Å². The quantitative estimate of drug-likeness (QED) is 0.806. The monoisotopic (exact) mass is 251 g/mol. The van der Waals surface area contributed by atoms with Crippen LogP contribution >= 0.6 is 0 Å². The second kappa shape index (κ2) is 5.82. The number of nitrogens with zero attached hydrogens (tertiary/aromatic N) is 1. The number of carboxylic acids is 1. The molecule has 0 unspecified atom stereocenters. The first-order chi connectivity index (χ1) is 8.66. The minimum atomic E-state index is -0.707. The van der Waals surface area contributed by atoms with Crippen LogP contribution < -0.4 is 0 Å². The topological polar surface area (TPSA) is 70.8 Å². The van der Waals surface area contributed by atoms with Gasteiger partial charge in [-0.15, -0.1) is 0 Å². The van der Waals surface area contributed by atoms with Crippen molar-refractivity contribution in [1.82, 2.24) is 4.90 Å². The van der Waals surface area contributed by atoms with E-state index in [4.69, 9.17) is 9.52 Å². The molecule has 0 aromatic carbocycles. The maximum Gasteiger partial charge on any atom is 0.306 e. The number of furan rings is 1. The zero-order valence-electron chi connectivity index (χ0n) is 10.2. The van der Waals surface area contributed by atoms with Crippen molar-refractivity contribution in [2.24, 2.45) is 5.92 Å². The summed E-state index contributed by atoms with van der Waals surface area (Å²) in [5, 5.41) is 8.88. The molecule has 0 aliphatic carbocycles. The highest BCUT2D eigenvalue weighted by Crippen LogP contribution is 2.17. The van der Waals surface area contributed by atoms with Crippen molar-refractivity contribution in [3.05, 3.63) is 24.2 Å². The molecule has 1 fully saturated rings. The number of carboxylic acid groups (broad SMARTS) is 1. The van der Waals surface area contributed by atoms with Crippen molar-refractivity contribution < 1.29 is 19.1 Å². The summed E-state index contributed by atoms with van der Waals surface area (Å²) in [6.45, 7) is 2.18. The van der Waals surface area contributed by atoms with E-state index in [9.17, 15) is 9.59 Å². The normalized spacial score (nSPS) is 17.8. The van der Waals surface area contributed by atoms with Crippen LogP contribution in [0.3, 0.4) is 0 Å². The molecule has 5 nitrogen and oxygen atoms in total. The lowest BCUT2D eigenvalue weighted by Crippen LogP contribution is -2.37. The van der Waals surface area contributed by atoms with Crippen molar-refractivity contribution in [3.63, 3.8) is 0 Å². The van der Waals surface area contributed by atoms with Crippen LogP contribution in [0.4, 0.5) is 0 Å². The van der Waals surface area contributed by atoms with Crippen molar-refractivity contribution in [2.45, 2.75) is 19.3 Å². The molecule has 1 aliphatic heterocycles. The Labute approximate surface area is 105 Å². The summed E-state index contributed by atoms with van der Waals surface area (Å²) in [6, 6.07) is 3.37. The van der Waals surface area contributed by atoms with E-state index in [-0.39, 0.29) is 11.7 Å². The summed E-state index contributed by atoms with van der Waals surface area (Å²) < 4.78 is 5.04. The van der Waals surface area contributed by atoms with E-state index in [1.807, 2.05) is 0 Å². The minimum Gasteiger partial charge on any atom is -0.481 e. The van der Waals surface area contributed by atoms with Gasteiger partial charge in [0.25, 0.3) is 0 Å². The fourth-order valence-electron chi connectivity index (χ4n) is 2.22. The first kappa shape index (κ1) is 12.8. The molecule has 0 saturated carbocycles. The van der Waals surface area contributed by atoms with Crippen LogP contribution in [0, 0.1) is 5.92 Å². The Hall–Kier alpha value is -1.62. The highest BCUT2D eigenvalue weighted by Gasteiger charge is 2.24. The van der Waals surface area contributed by atoms with E-state index in [0.717, 1.165) is 13.1 Å². The smallest absolute Gasteiger partial charge is 0.306 e.